The Morgan fingerprint density at radius 3 is 2.57 bits per heavy atom. The standard InChI is InChI=1S/C15H20N2O3S/c1-16(2)15(19)13-9-21-10-17(13)14(18)8-11-4-6-12(20-3)7-5-11/h4-7,13H,8-10H2,1-3H3. The Morgan fingerprint density at radius 2 is 2.00 bits per heavy atom. The van der Waals surface area contributed by atoms with E-state index in [-0.39, 0.29) is 17.9 Å². The summed E-state index contributed by atoms with van der Waals surface area (Å²) < 4.78 is 5.10. The molecule has 0 N–H and O–H groups in total. The molecule has 0 aliphatic carbocycles. The zero-order chi connectivity index (χ0) is 15.4. The molecule has 1 aliphatic heterocycles. The highest BCUT2D eigenvalue weighted by Crippen LogP contribution is 2.23. The number of methoxy groups -OCH3 is 1. The van der Waals surface area contributed by atoms with Crippen molar-refractivity contribution in [3.05, 3.63) is 29.8 Å². The lowest BCUT2D eigenvalue weighted by atomic mass is 10.1. The monoisotopic (exact) mass is 308 g/mol. The van der Waals surface area contributed by atoms with E-state index in [4.69, 9.17) is 4.74 Å². The van der Waals surface area contributed by atoms with Gasteiger partial charge in [0.25, 0.3) is 0 Å². The van der Waals surface area contributed by atoms with Crippen molar-refractivity contribution in [2.24, 2.45) is 0 Å². The minimum absolute atomic E-state index is 0.00892. The summed E-state index contributed by atoms with van der Waals surface area (Å²) in [5.74, 6) is 2.00. The van der Waals surface area contributed by atoms with Crippen LogP contribution in [0.4, 0.5) is 0 Å². The van der Waals surface area contributed by atoms with Crippen LogP contribution in [0.15, 0.2) is 24.3 Å². The second-order valence-electron chi connectivity index (χ2n) is 5.14. The van der Waals surface area contributed by atoms with E-state index in [2.05, 4.69) is 0 Å². The van der Waals surface area contributed by atoms with Gasteiger partial charge in [-0.3, -0.25) is 9.59 Å². The number of ether oxygens (including phenoxy) is 1. The molecule has 1 atom stereocenters. The van der Waals surface area contributed by atoms with Gasteiger partial charge in [-0.05, 0) is 17.7 Å². The average molecular weight is 308 g/mol. The van der Waals surface area contributed by atoms with E-state index in [0.717, 1.165) is 11.3 Å². The second kappa shape index (κ2) is 6.85. The van der Waals surface area contributed by atoms with E-state index in [1.807, 2.05) is 24.3 Å². The highest BCUT2D eigenvalue weighted by atomic mass is 32.2. The van der Waals surface area contributed by atoms with Crippen molar-refractivity contribution in [1.29, 1.82) is 0 Å². The number of likely N-dealkylation sites (N-methyl/N-ethyl adjacent to an activating group) is 1. The van der Waals surface area contributed by atoms with Crippen LogP contribution in [0.3, 0.4) is 0 Å². The van der Waals surface area contributed by atoms with Gasteiger partial charge in [-0.15, -0.1) is 11.8 Å². The van der Waals surface area contributed by atoms with Crippen molar-refractivity contribution in [3.63, 3.8) is 0 Å². The molecule has 0 bridgehead atoms. The third kappa shape index (κ3) is 3.69. The number of hydrogen-bond acceptors (Lipinski definition) is 4. The van der Waals surface area contributed by atoms with Crippen molar-refractivity contribution in [1.82, 2.24) is 9.80 Å². The number of carbonyl (C=O) groups excluding carboxylic acids is 2. The Bertz CT molecular complexity index is 516. The maximum Gasteiger partial charge on any atom is 0.245 e. The van der Waals surface area contributed by atoms with Gasteiger partial charge in [0.1, 0.15) is 11.8 Å². The fraction of sp³-hybridized carbons (Fsp3) is 0.467. The predicted octanol–water partition coefficient (Wildman–Crippen LogP) is 1.23. The molecule has 0 radical (unpaired) electrons. The highest BCUT2D eigenvalue weighted by molar-refractivity contribution is 7.99. The van der Waals surface area contributed by atoms with Gasteiger partial charge >= 0.3 is 0 Å². The fourth-order valence-electron chi connectivity index (χ4n) is 2.21. The number of rotatable bonds is 4. The number of amides is 2. The molecule has 2 amide bonds. The van der Waals surface area contributed by atoms with Crippen LogP contribution >= 0.6 is 11.8 Å². The molecule has 5 nitrogen and oxygen atoms in total. The molecular weight excluding hydrogens is 288 g/mol. The summed E-state index contributed by atoms with van der Waals surface area (Å²) in [4.78, 5) is 27.7. The van der Waals surface area contributed by atoms with Gasteiger partial charge in [0.2, 0.25) is 11.8 Å². The summed E-state index contributed by atoms with van der Waals surface area (Å²) in [6, 6.07) is 7.09. The Kier molecular flexibility index (Phi) is 5.12. The largest absolute Gasteiger partial charge is 0.497 e. The normalized spacial score (nSPS) is 17.7. The van der Waals surface area contributed by atoms with Gasteiger partial charge < -0.3 is 14.5 Å². The SMILES string of the molecule is COc1ccc(CC(=O)N2CSCC2C(=O)N(C)C)cc1. The van der Waals surface area contributed by atoms with Gasteiger partial charge in [0.05, 0.1) is 19.4 Å². The summed E-state index contributed by atoms with van der Waals surface area (Å²) in [7, 11) is 5.05. The van der Waals surface area contributed by atoms with Gasteiger partial charge in [0.15, 0.2) is 0 Å². The van der Waals surface area contributed by atoms with Crippen molar-refractivity contribution < 1.29 is 14.3 Å². The minimum atomic E-state index is -0.337. The first-order valence-electron chi connectivity index (χ1n) is 6.74. The van der Waals surface area contributed by atoms with Crippen LogP contribution in [0, 0.1) is 0 Å². The minimum Gasteiger partial charge on any atom is -0.497 e. The molecule has 0 saturated carbocycles. The van der Waals surface area contributed by atoms with Gasteiger partial charge in [-0.2, -0.15) is 0 Å². The molecule has 1 fully saturated rings. The first-order valence-corrected chi connectivity index (χ1v) is 7.89. The smallest absolute Gasteiger partial charge is 0.245 e. The Morgan fingerprint density at radius 1 is 1.33 bits per heavy atom. The quantitative estimate of drug-likeness (QED) is 0.839. The zero-order valence-corrected chi connectivity index (χ0v) is 13.4. The molecule has 1 aromatic carbocycles. The molecule has 1 unspecified atom stereocenters. The topological polar surface area (TPSA) is 49.9 Å². The lowest BCUT2D eigenvalue weighted by molar-refractivity contribution is -0.141. The second-order valence-corrected chi connectivity index (χ2v) is 6.14. The van der Waals surface area contributed by atoms with Gasteiger partial charge in [-0.25, -0.2) is 0 Å². The van der Waals surface area contributed by atoms with Crippen molar-refractivity contribution in [2.75, 3.05) is 32.8 Å². The number of benzene rings is 1. The first kappa shape index (κ1) is 15.7. The lowest BCUT2D eigenvalue weighted by Gasteiger charge is -2.25. The Hall–Kier alpha value is -1.69. The van der Waals surface area contributed by atoms with Crippen molar-refractivity contribution in [3.8, 4) is 5.75 Å². The number of thioether (sulfide) groups is 1. The Labute approximate surface area is 129 Å². The van der Waals surface area contributed by atoms with E-state index in [1.54, 1.807) is 42.8 Å². The van der Waals surface area contributed by atoms with Crippen LogP contribution < -0.4 is 4.74 Å². The molecule has 1 aliphatic rings. The molecule has 1 heterocycles. The van der Waals surface area contributed by atoms with Crippen LogP contribution in [-0.2, 0) is 16.0 Å². The molecule has 0 spiro atoms. The summed E-state index contributed by atoms with van der Waals surface area (Å²) in [6.07, 6.45) is 0.307. The van der Waals surface area contributed by atoms with E-state index < -0.39 is 0 Å². The molecule has 2 rings (SSSR count). The molecule has 21 heavy (non-hydrogen) atoms. The predicted molar refractivity (Wildman–Crippen MR) is 83.4 cm³/mol. The lowest BCUT2D eigenvalue weighted by Crippen LogP contribution is -2.47. The molecular formula is C15H20N2O3S. The summed E-state index contributed by atoms with van der Waals surface area (Å²) in [6.45, 7) is 0. The van der Waals surface area contributed by atoms with Crippen LogP contribution in [0.25, 0.3) is 0 Å². The van der Waals surface area contributed by atoms with Crippen molar-refractivity contribution in [2.45, 2.75) is 12.5 Å². The van der Waals surface area contributed by atoms with E-state index in [0.29, 0.717) is 18.1 Å². The van der Waals surface area contributed by atoms with E-state index >= 15 is 0 Å². The number of hydrogen-bond donors (Lipinski definition) is 0. The average Bonchev–Trinajstić information content (AvgIpc) is 2.96. The van der Waals surface area contributed by atoms with E-state index in [9.17, 15) is 9.59 Å². The first-order chi connectivity index (χ1) is 10.0. The van der Waals surface area contributed by atoms with Crippen LogP contribution in [0.5, 0.6) is 5.75 Å². The molecule has 114 valence electrons. The Balaban J connectivity index is 2.03. The maximum atomic E-state index is 12.4. The van der Waals surface area contributed by atoms with Crippen LogP contribution in [0.1, 0.15) is 5.56 Å². The molecule has 6 heteroatoms. The third-order valence-corrected chi connectivity index (χ3v) is 4.46. The molecule has 1 saturated heterocycles. The highest BCUT2D eigenvalue weighted by Gasteiger charge is 2.35. The molecule has 1 aromatic rings. The third-order valence-electron chi connectivity index (χ3n) is 3.44. The van der Waals surface area contributed by atoms with Crippen LogP contribution in [-0.4, -0.2) is 60.5 Å². The zero-order valence-electron chi connectivity index (χ0n) is 12.5. The maximum absolute atomic E-state index is 12.4. The summed E-state index contributed by atoms with van der Waals surface area (Å²) in [5.41, 5.74) is 0.925. The van der Waals surface area contributed by atoms with Gasteiger partial charge in [0, 0.05) is 19.8 Å². The number of nitrogens with zero attached hydrogens (tertiary/aromatic N) is 2. The summed E-state index contributed by atoms with van der Waals surface area (Å²) in [5, 5.41) is 0. The van der Waals surface area contributed by atoms with Gasteiger partial charge in [-0.1, -0.05) is 12.1 Å². The van der Waals surface area contributed by atoms with E-state index in [1.165, 1.54) is 0 Å². The van der Waals surface area contributed by atoms with Crippen molar-refractivity contribution >= 4 is 23.6 Å². The number of carbonyl (C=O) groups is 2. The fourth-order valence-corrected chi connectivity index (χ4v) is 3.38. The molecule has 0 aromatic heterocycles. The summed E-state index contributed by atoms with van der Waals surface area (Å²) >= 11 is 1.62. The van der Waals surface area contributed by atoms with Crippen LogP contribution in [0.2, 0.25) is 0 Å².